The largest absolute Gasteiger partial charge is 0.369 e. The number of fused-ring (bicyclic) bond motifs is 1. The number of rotatable bonds is 1. The van der Waals surface area contributed by atoms with Crippen LogP contribution in [0.15, 0.2) is 33.3 Å². The summed E-state index contributed by atoms with van der Waals surface area (Å²) in [5.74, 6) is 1.47. The third-order valence-corrected chi connectivity index (χ3v) is 4.87. The molecule has 0 saturated carbocycles. The van der Waals surface area contributed by atoms with E-state index in [9.17, 15) is 0 Å². The molecule has 0 unspecified atom stereocenters. The molecule has 3 heterocycles. The quantitative estimate of drug-likeness (QED) is 0.879. The third-order valence-electron chi connectivity index (χ3n) is 2.93. The van der Waals surface area contributed by atoms with Crippen molar-refractivity contribution in [1.29, 1.82) is 0 Å². The molecular weight excluding hydrogens is 300 g/mol. The molecular formula is C11H11BrN4S. The SMILES string of the molecule is C[C@@]1(c2cc(Br)cs2)Cc2nccn2C(N)=N1. The highest BCUT2D eigenvalue weighted by molar-refractivity contribution is 9.10. The van der Waals surface area contributed by atoms with Crippen LogP contribution in [0.2, 0.25) is 0 Å². The van der Waals surface area contributed by atoms with Crippen LogP contribution in [0.25, 0.3) is 0 Å². The Morgan fingerprint density at radius 3 is 3.12 bits per heavy atom. The molecule has 2 aromatic rings. The molecule has 0 aliphatic carbocycles. The molecule has 2 N–H and O–H groups in total. The molecule has 4 nitrogen and oxygen atoms in total. The van der Waals surface area contributed by atoms with Crippen LogP contribution in [-0.2, 0) is 12.0 Å². The standard InChI is InChI=1S/C11H11BrN4S/c1-11(8-4-7(12)6-17-8)5-9-14-2-3-16(9)10(13)15-11/h2-4,6H,5H2,1H3,(H2,13,15)/t11-/m0/s1. The van der Waals surface area contributed by atoms with Gasteiger partial charge in [0.15, 0.2) is 0 Å². The zero-order valence-corrected chi connectivity index (χ0v) is 11.6. The number of nitrogens with two attached hydrogens (primary N) is 1. The van der Waals surface area contributed by atoms with Gasteiger partial charge in [-0.2, -0.15) is 0 Å². The Balaban J connectivity index is 2.09. The number of halogens is 1. The summed E-state index contributed by atoms with van der Waals surface area (Å²) >= 11 is 5.16. The lowest BCUT2D eigenvalue weighted by molar-refractivity contribution is 0.470. The first-order chi connectivity index (χ1) is 8.08. The molecule has 88 valence electrons. The Morgan fingerprint density at radius 2 is 2.41 bits per heavy atom. The van der Waals surface area contributed by atoms with Crippen molar-refractivity contribution >= 4 is 33.2 Å². The van der Waals surface area contributed by atoms with Gasteiger partial charge in [0.1, 0.15) is 11.4 Å². The van der Waals surface area contributed by atoms with Gasteiger partial charge in [0.05, 0.1) is 0 Å². The predicted molar refractivity (Wildman–Crippen MR) is 72.3 cm³/mol. The van der Waals surface area contributed by atoms with Crippen LogP contribution in [-0.4, -0.2) is 15.5 Å². The van der Waals surface area contributed by atoms with Crippen LogP contribution >= 0.6 is 27.3 Å². The van der Waals surface area contributed by atoms with Crippen LogP contribution in [0, 0.1) is 0 Å². The summed E-state index contributed by atoms with van der Waals surface area (Å²) in [6.07, 6.45) is 4.37. The van der Waals surface area contributed by atoms with Gasteiger partial charge in [-0.3, -0.25) is 4.57 Å². The molecule has 6 heteroatoms. The summed E-state index contributed by atoms with van der Waals surface area (Å²) in [6, 6.07) is 2.10. The van der Waals surface area contributed by atoms with Gasteiger partial charge in [-0.15, -0.1) is 11.3 Å². The van der Waals surface area contributed by atoms with Crippen LogP contribution in [0.4, 0.5) is 0 Å². The van der Waals surface area contributed by atoms with E-state index in [0.717, 1.165) is 16.7 Å². The number of hydrogen-bond acceptors (Lipinski definition) is 4. The monoisotopic (exact) mass is 310 g/mol. The summed E-state index contributed by atoms with van der Waals surface area (Å²) < 4.78 is 2.92. The van der Waals surface area contributed by atoms with Gasteiger partial charge in [-0.1, -0.05) is 0 Å². The molecule has 0 bridgehead atoms. The van der Waals surface area contributed by atoms with E-state index in [-0.39, 0.29) is 5.54 Å². The highest BCUT2D eigenvalue weighted by Gasteiger charge is 2.34. The lowest BCUT2D eigenvalue weighted by Gasteiger charge is -2.28. The van der Waals surface area contributed by atoms with E-state index in [1.807, 2.05) is 10.8 Å². The van der Waals surface area contributed by atoms with Crippen molar-refractivity contribution in [2.75, 3.05) is 0 Å². The fraction of sp³-hybridized carbons (Fsp3) is 0.273. The maximum atomic E-state index is 5.98. The van der Waals surface area contributed by atoms with E-state index in [4.69, 9.17) is 5.73 Å². The van der Waals surface area contributed by atoms with Crippen molar-refractivity contribution in [3.63, 3.8) is 0 Å². The molecule has 0 radical (unpaired) electrons. The number of nitrogens with zero attached hydrogens (tertiary/aromatic N) is 3. The van der Waals surface area contributed by atoms with Crippen molar-refractivity contribution in [2.24, 2.45) is 10.7 Å². The molecule has 0 spiro atoms. The normalized spacial score (nSPS) is 23.3. The van der Waals surface area contributed by atoms with Crippen LogP contribution in [0.1, 0.15) is 17.6 Å². The zero-order valence-electron chi connectivity index (χ0n) is 9.22. The lowest BCUT2D eigenvalue weighted by Crippen LogP contribution is -2.37. The van der Waals surface area contributed by atoms with Crippen molar-refractivity contribution in [2.45, 2.75) is 18.9 Å². The maximum absolute atomic E-state index is 5.98. The first-order valence-corrected chi connectivity index (χ1v) is 6.88. The number of thiophene rings is 1. The van der Waals surface area contributed by atoms with E-state index in [0.29, 0.717) is 5.96 Å². The Morgan fingerprint density at radius 1 is 1.59 bits per heavy atom. The second-order valence-corrected chi connectivity index (χ2v) is 6.09. The van der Waals surface area contributed by atoms with E-state index in [1.165, 1.54) is 4.88 Å². The molecule has 0 saturated heterocycles. The first-order valence-electron chi connectivity index (χ1n) is 5.21. The van der Waals surface area contributed by atoms with E-state index in [1.54, 1.807) is 17.5 Å². The maximum Gasteiger partial charge on any atom is 0.201 e. The molecule has 2 aromatic heterocycles. The number of imidazole rings is 1. The predicted octanol–water partition coefficient (Wildman–Crippen LogP) is 2.34. The summed E-state index contributed by atoms with van der Waals surface area (Å²) in [4.78, 5) is 10.1. The van der Waals surface area contributed by atoms with Gasteiger partial charge >= 0.3 is 0 Å². The summed E-state index contributed by atoms with van der Waals surface area (Å²) in [5, 5.41) is 2.06. The van der Waals surface area contributed by atoms with Gasteiger partial charge < -0.3 is 5.73 Å². The molecule has 0 amide bonds. The topological polar surface area (TPSA) is 56.2 Å². The van der Waals surface area contributed by atoms with Crippen LogP contribution in [0.3, 0.4) is 0 Å². The number of aromatic nitrogens is 2. The minimum atomic E-state index is -0.303. The molecule has 1 atom stereocenters. The lowest BCUT2D eigenvalue weighted by atomic mass is 9.95. The van der Waals surface area contributed by atoms with Crippen molar-refractivity contribution in [3.8, 4) is 0 Å². The van der Waals surface area contributed by atoms with Gasteiger partial charge in [-0.05, 0) is 28.9 Å². The summed E-state index contributed by atoms with van der Waals surface area (Å²) in [7, 11) is 0. The second kappa shape index (κ2) is 3.68. The number of hydrogen-bond donors (Lipinski definition) is 1. The van der Waals surface area contributed by atoms with Gasteiger partial charge in [0.25, 0.3) is 0 Å². The smallest absolute Gasteiger partial charge is 0.201 e. The zero-order chi connectivity index (χ0) is 12.0. The third kappa shape index (κ3) is 1.71. The van der Waals surface area contributed by atoms with E-state index < -0.39 is 0 Å². The highest BCUT2D eigenvalue weighted by Crippen LogP contribution is 2.37. The van der Waals surface area contributed by atoms with Gasteiger partial charge in [0, 0.05) is 33.5 Å². The van der Waals surface area contributed by atoms with E-state index >= 15 is 0 Å². The molecule has 1 aliphatic rings. The van der Waals surface area contributed by atoms with Gasteiger partial charge in [0.2, 0.25) is 5.96 Å². The molecule has 0 aromatic carbocycles. The molecule has 0 fully saturated rings. The fourth-order valence-corrected chi connectivity index (χ4v) is 3.60. The first kappa shape index (κ1) is 11.0. The molecule has 1 aliphatic heterocycles. The van der Waals surface area contributed by atoms with E-state index in [2.05, 4.69) is 44.3 Å². The van der Waals surface area contributed by atoms with Crippen LogP contribution < -0.4 is 5.73 Å². The highest BCUT2D eigenvalue weighted by atomic mass is 79.9. The average Bonchev–Trinajstić information content (AvgIpc) is 2.86. The molecule has 17 heavy (non-hydrogen) atoms. The minimum absolute atomic E-state index is 0.303. The Kier molecular flexibility index (Phi) is 2.38. The van der Waals surface area contributed by atoms with Gasteiger partial charge in [-0.25, -0.2) is 9.98 Å². The Bertz CT molecular complexity index is 600. The second-order valence-electron chi connectivity index (χ2n) is 4.26. The van der Waals surface area contributed by atoms with Crippen molar-refractivity contribution in [1.82, 2.24) is 9.55 Å². The fourth-order valence-electron chi connectivity index (χ4n) is 2.07. The summed E-state index contributed by atoms with van der Waals surface area (Å²) in [6.45, 7) is 2.09. The van der Waals surface area contributed by atoms with Crippen molar-refractivity contribution in [3.05, 3.63) is 39.0 Å². The Labute approximate surface area is 111 Å². The Hall–Kier alpha value is -1.14. The average molecular weight is 311 g/mol. The van der Waals surface area contributed by atoms with Crippen molar-refractivity contribution < 1.29 is 0 Å². The molecule has 3 rings (SSSR count). The summed E-state index contributed by atoms with van der Waals surface area (Å²) in [5.41, 5.74) is 5.67. The van der Waals surface area contributed by atoms with Crippen LogP contribution in [0.5, 0.6) is 0 Å². The minimum Gasteiger partial charge on any atom is -0.369 e. The number of aliphatic imine (C=N–C) groups is 1.